The molecule has 0 aliphatic heterocycles. The van der Waals surface area contributed by atoms with Crippen LogP contribution in [0.1, 0.15) is 35.7 Å². The molecule has 2 aromatic carbocycles. The summed E-state index contributed by atoms with van der Waals surface area (Å²) in [7, 11) is -2.74. The minimum Gasteiger partial charge on any atom is -0.496 e. The highest BCUT2D eigenvalue weighted by Crippen LogP contribution is 2.58. The molecule has 0 radical (unpaired) electrons. The van der Waals surface area contributed by atoms with E-state index in [-0.39, 0.29) is 28.2 Å². The lowest BCUT2D eigenvalue weighted by Crippen LogP contribution is -2.29. The van der Waals surface area contributed by atoms with Gasteiger partial charge in [0.25, 0.3) is 16.0 Å². The van der Waals surface area contributed by atoms with Crippen LogP contribution >= 0.6 is 11.6 Å². The van der Waals surface area contributed by atoms with Crippen LogP contribution in [0.3, 0.4) is 0 Å². The number of ether oxygens (including phenoxy) is 1. The molecule has 0 spiro atoms. The molecule has 1 amide bonds. The van der Waals surface area contributed by atoms with Crippen molar-refractivity contribution >= 4 is 27.6 Å². The monoisotopic (exact) mass is 409 g/mol. The first-order valence-corrected chi connectivity index (χ1v) is 10.1. The van der Waals surface area contributed by atoms with Gasteiger partial charge < -0.3 is 10.1 Å². The highest BCUT2D eigenvalue weighted by Gasteiger charge is 2.59. The molecule has 1 saturated carbocycles. The standard InChI is InChI=1S/C19H20ClNO5S/c1-19(2)16(11-4-7-13(8-5-11)27(23,24)25)17(19)21-18(22)14-10-12(20)6-9-15(14)26-3/h4-10,16-17H,1-3H3,(H,21,22)(H,23,24,25)/t16-,17+/m0/s1. The van der Waals surface area contributed by atoms with Gasteiger partial charge in [0.1, 0.15) is 5.75 Å². The second-order valence-electron chi connectivity index (χ2n) is 7.14. The van der Waals surface area contributed by atoms with Crippen molar-refractivity contribution in [2.75, 3.05) is 7.11 Å². The number of hydrogen-bond acceptors (Lipinski definition) is 4. The largest absolute Gasteiger partial charge is 0.496 e. The molecule has 8 heteroatoms. The Bertz CT molecular complexity index is 986. The van der Waals surface area contributed by atoms with Gasteiger partial charge in [-0.05, 0) is 41.3 Å². The van der Waals surface area contributed by atoms with E-state index in [0.717, 1.165) is 5.56 Å². The summed E-state index contributed by atoms with van der Waals surface area (Å²) in [5.41, 5.74) is 1.03. The first-order chi connectivity index (χ1) is 12.6. The predicted molar refractivity (Wildman–Crippen MR) is 102 cm³/mol. The van der Waals surface area contributed by atoms with E-state index in [1.807, 2.05) is 13.8 Å². The summed E-state index contributed by atoms with van der Waals surface area (Å²) < 4.78 is 36.7. The molecule has 144 valence electrons. The van der Waals surface area contributed by atoms with Crippen molar-refractivity contribution < 1.29 is 22.5 Å². The first kappa shape index (κ1) is 19.7. The Labute approximate surface area is 163 Å². The Morgan fingerprint density at radius 1 is 1.19 bits per heavy atom. The molecule has 1 aliphatic rings. The number of rotatable bonds is 5. The Morgan fingerprint density at radius 3 is 2.37 bits per heavy atom. The number of hydrogen-bond donors (Lipinski definition) is 2. The lowest BCUT2D eigenvalue weighted by Gasteiger charge is -2.10. The minimum absolute atomic E-state index is 0.0158. The van der Waals surface area contributed by atoms with E-state index in [1.54, 1.807) is 30.3 Å². The average molecular weight is 410 g/mol. The summed E-state index contributed by atoms with van der Waals surface area (Å²) >= 11 is 6.00. The average Bonchev–Trinajstić information content (AvgIpc) is 3.14. The molecule has 2 atom stereocenters. The van der Waals surface area contributed by atoms with Crippen molar-refractivity contribution in [3.05, 3.63) is 58.6 Å². The number of amides is 1. The molecule has 0 unspecified atom stereocenters. The zero-order valence-corrected chi connectivity index (χ0v) is 16.6. The fourth-order valence-electron chi connectivity index (χ4n) is 3.45. The number of nitrogens with one attached hydrogen (secondary N) is 1. The third kappa shape index (κ3) is 3.81. The normalized spacial score (nSPS) is 20.8. The summed E-state index contributed by atoms with van der Waals surface area (Å²) in [6.45, 7) is 4.04. The van der Waals surface area contributed by atoms with E-state index < -0.39 is 10.1 Å². The highest BCUT2D eigenvalue weighted by molar-refractivity contribution is 7.85. The van der Waals surface area contributed by atoms with Gasteiger partial charge in [-0.3, -0.25) is 9.35 Å². The van der Waals surface area contributed by atoms with Crippen LogP contribution in [-0.4, -0.2) is 32.0 Å². The molecule has 6 nitrogen and oxygen atoms in total. The second-order valence-corrected chi connectivity index (χ2v) is 9.00. The highest BCUT2D eigenvalue weighted by atomic mass is 35.5. The lowest BCUT2D eigenvalue weighted by atomic mass is 10.0. The summed E-state index contributed by atoms with van der Waals surface area (Å²) in [5, 5.41) is 3.45. The van der Waals surface area contributed by atoms with Gasteiger partial charge in [0.2, 0.25) is 0 Å². The summed E-state index contributed by atoms with van der Waals surface area (Å²) in [4.78, 5) is 12.6. The van der Waals surface area contributed by atoms with Crippen LogP contribution < -0.4 is 10.1 Å². The minimum atomic E-state index is -4.23. The van der Waals surface area contributed by atoms with Gasteiger partial charge in [-0.15, -0.1) is 0 Å². The van der Waals surface area contributed by atoms with E-state index >= 15 is 0 Å². The lowest BCUT2D eigenvalue weighted by molar-refractivity contribution is 0.0943. The van der Waals surface area contributed by atoms with Gasteiger partial charge in [-0.1, -0.05) is 37.6 Å². The van der Waals surface area contributed by atoms with E-state index in [1.165, 1.54) is 19.2 Å². The molecular weight excluding hydrogens is 390 g/mol. The predicted octanol–water partition coefficient (Wildman–Crippen LogP) is 3.52. The van der Waals surface area contributed by atoms with Crippen LogP contribution in [0.4, 0.5) is 0 Å². The molecule has 2 aromatic rings. The summed E-state index contributed by atoms with van der Waals surface area (Å²) in [6, 6.07) is 10.7. The van der Waals surface area contributed by atoms with Crippen molar-refractivity contribution in [1.82, 2.24) is 5.32 Å². The van der Waals surface area contributed by atoms with Crippen molar-refractivity contribution in [1.29, 1.82) is 0 Å². The molecular formula is C19H20ClNO5S. The van der Waals surface area contributed by atoms with Crippen LogP contribution in [0.5, 0.6) is 5.75 Å². The maximum Gasteiger partial charge on any atom is 0.294 e. The summed E-state index contributed by atoms with van der Waals surface area (Å²) in [6.07, 6.45) is 0. The van der Waals surface area contributed by atoms with Gasteiger partial charge in [-0.2, -0.15) is 8.42 Å². The number of halogens is 1. The number of carbonyl (C=O) groups is 1. The second kappa shape index (κ2) is 6.82. The fourth-order valence-corrected chi connectivity index (χ4v) is 4.11. The SMILES string of the molecule is COc1ccc(Cl)cc1C(=O)N[C@@H]1[C@H](c2ccc(S(=O)(=O)O)cc2)C1(C)C. The van der Waals surface area contributed by atoms with Gasteiger partial charge in [0, 0.05) is 17.0 Å². The molecule has 0 bridgehead atoms. The van der Waals surface area contributed by atoms with E-state index in [4.69, 9.17) is 20.9 Å². The smallest absolute Gasteiger partial charge is 0.294 e. The molecule has 1 fully saturated rings. The van der Waals surface area contributed by atoms with Crippen LogP contribution in [0, 0.1) is 5.41 Å². The van der Waals surface area contributed by atoms with Crippen LogP contribution in [0.25, 0.3) is 0 Å². The van der Waals surface area contributed by atoms with Crippen molar-refractivity contribution in [3.63, 3.8) is 0 Å². The molecule has 2 N–H and O–H groups in total. The van der Waals surface area contributed by atoms with Gasteiger partial charge >= 0.3 is 0 Å². The number of benzene rings is 2. The molecule has 0 aromatic heterocycles. The number of methoxy groups -OCH3 is 1. The molecule has 3 rings (SSSR count). The third-order valence-corrected chi connectivity index (χ3v) is 6.16. The van der Waals surface area contributed by atoms with E-state index in [9.17, 15) is 13.2 Å². The van der Waals surface area contributed by atoms with Crippen molar-refractivity contribution in [2.24, 2.45) is 5.41 Å². The van der Waals surface area contributed by atoms with Crippen molar-refractivity contribution in [3.8, 4) is 5.75 Å². The third-order valence-electron chi connectivity index (χ3n) is 5.06. The maximum atomic E-state index is 12.7. The Hall–Kier alpha value is -2.09. The first-order valence-electron chi connectivity index (χ1n) is 8.27. The summed E-state index contributed by atoms with van der Waals surface area (Å²) in [5.74, 6) is 0.163. The zero-order valence-electron chi connectivity index (χ0n) is 15.1. The Morgan fingerprint density at radius 2 is 1.81 bits per heavy atom. The van der Waals surface area contributed by atoms with Gasteiger partial charge in [0.05, 0.1) is 17.6 Å². The quantitative estimate of drug-likeness (QED) is 0.737. The molecule has 1 aliphatic carbocycles. The number of carbonyl (C=O) groups excluding carboxylic acids is 1. The maximum absolute atomic E-state index is 12.7. The van der Waals surface area contributed by atoms with Crippen LogP contribution in [0.2, 0.25) is 5.02 Å². The Balaban J connectivity index is 1.80. The van der Waals surface area contributed by atoms with E-state index in [2.05, 4.69) is 5.32 Å². The van der Waals surface area contributed by atoms with Crippen LogP contribution in [-0.2, 0) is 10.1 Å². The molecule has 27 heavy (non-hydrogen) atoms. The molecule has 0 heterocycles. The molecule has 0 saturated heterocycles. The topological polar surface area (TPSA) is 92.7 Å². The fraction of sp³-hybridized carbons (Fsp3) is 0.316. The zero-order chi connectivity index (χ0) is 20.0. The van der Waals surface area contributed by atoms with Crippen LogP contribution in [0.15, 0.2) is 47.4 Å². The van der Waals surface area contributed by atoms with E-state index in [0.29, 0.717) is 16.3 Å². The van der Waals surface area contributed by atoms with Gasteiger partial charge in [0.15, 0.2) is 0 Å². The van der Waals surface area contributed by atoms with Gasteiger partial charge in [-0.25, -0.2) is 0 Å². The Kier molecular flexibility index (Phi) is 4.96. The van der Waals surface area contributed by atoms with Crippen molar-refractivity contribution in [2.45, 2.75) is 30.7 Å².